The zero-order valence-corrected chi connectivity index (χ0v) is 19.1. The first kappa shape index (κ1) is 22.8. The summed E-state index contributed by atoms with van der Waals surface area (Å²) >= 11 is 0. The van der Waals surface area contributed by atoms with Gasteiger partial charge in [-0.3, -0.25) is 4.90 Å². The lowest BCUT2D eigenvalue weighted by Crippen LogP contribution is -2.35. The molecular formula is C24H28F2N6O2. The standard InChI is InChI=1S/C24H28F2N6O2/c1-16-27-14-22(32(16)18-4-8-33-9-5-18)23-20(26)13-28-24(30-23)29-21-3-2-17(12-19(21)25)15-31-6-10-34-11-7-31/h2-3,12-14,18H,4-11,15H2,1H3,(H,28,29,30). The van der Waals surface area contributed by atoms with E-state index in [0.717, 1.165) is 43.5 Å². The summed E-state index contributed by atoms with van der Waals surface area (Å²) in [5.41, 5.74) is 1.82. The van der Waals surface area contributed by atoms with Gasteiger partial charge in [0.1, 0.15) is 17.3 Å². The van der Waals surface area contributed by atoms with Gasteiger partial charge in [-0.25, -0.2) is 23.7 Å². The molecule has 1 N–H and O–H groups in total. The Balaban J connectivity index is 1.37. The maximum Gasteiger partial charge on any atom is 0.228 e. The molecule has 180 valence electrons. The Morgan fingerprint density at radius 2 is 1.76 bits per heavy atom. The van der Waals surface area contributed by atoms with Crippen LogP contribution in [0, 0.1) is 18.6 Å². The van der Waals surface area contributed by atoms with E-state index in [0.29, 0.717) is 38.7 Å². The van der Waals surface area contributed by atoms with Crippen LogP contribution >= 0.6 is 0 Å². The number of nitrogens with one attached hydrogen (secondary N) is 1. The quantitative estimate of drug-likeness (QED) is 0.586. The SMILES string of the molecule is Cc1ncc(-c2nc(Nc3ccc(CN4CCOCC4)cc3F)ncc2F)n1C1CCOCC1. The Morgan fingerprint density at radius 3 is 2.53 bits per heavy atom. The molecule has 3 aromatic rings. The van der Waals surface area contributed by atoms with Gasteiger partial charge in [0.05, 0.1) is 37.0 Å². The largest absolute Gasteiger partial charge is 0.381 e. The summed E-state index contributed by atoms with van der Waals surface area (Å²) in [4.78, 5) is 15.0. The highest BCUT2D eigenvalue weighted by Gasteiger charge is 2.24. The highest BCUT2D eigenvalue weighted by atomic mass is 19.1. The summed E-state index contributed by atoms with van der Waals surface area (Å²) in [5, 5.41) is 2.90. The van der Waals surface area contributed by atoms with Crippen molar-refractivity contribution in [2.45, 2.75) is 32.4 Å². The molecule has 0 bridgehead atoms. The summed E-state index contributed by atoms with van der Waals surface area (Å²) in [6.07, 6.45) is 4.38. The Bertz CT molecular complexity index is 1140. The molecule has 0 radical (unpaired) electrons. The summed E-state index contributed by atoms with van der Waals surface area (Å²) < 4.78 is 42.5. The van der Waals surface area contributed by atoms with E-state index < -0.39 is 11.6 Å². The maximum atomic E-state index is 14.8. The molecule has 2 fully saturated rings. The van der Waals surface area contributed by atoms with E-state index in [-0.39, 0.29) is 23.4 Å². The zero-order valence-electron chi connectivity index (χ0n) is 19.1. The fourth-order valence-electron chi connectivity index (χ4n) is 4.54. The third-order valence-corrected chi connectivity index (χ3v) is 6.31. The molecule has 0 amide bonds. The second-order valence-electron chi connectivity index (χ2n) is 8.62. The Hall–Kier alpha value is -2.95. The molecule has 34 heavy (non-hydrogen) atoms. The molecule has 4 heterocycles. The molecular weight excluding hydrogens is 442 g/mol. The molecule has 0 unspecified atom stereocenters. The third kappa shape index (κ3) is 4.94. The second-order valence-corrected chi connectivity index (χ2v) is 8.62. The number of imidazole rings is 1. The van der Waals surface area contributed by atoms with Crippen molar-refractivity contribution in [2.75, 3.05) is 44.8 Å². The number of hydrogen-bond acceptors (Lipinski definition) is 7. The van der Waals surface area contributed by atoms with Gasteiger partial charge in [0.15, 0.2) is 5.82 Å². The minimum Gasteiger partial charge on any atom is -0.381 e. The first-order chi connectivity index (χ1) is 16.6. The Labute approximate surface area is 196 Å². The number of rotatable bonds is 6. The lowest BCUT2D eigenvalue weighted by Gasteiger charge is -2.26. The van der Waals surface area contributed by atoms with Gasteiger partial charge < -0.3 is 19.4 Å². The first-order valence-corrected chi connectivity index (χ1v) is 11.6. The Kier molecular flexibility index (Phi) is 6.80. The number of hydrogen-bond donors (Lipinski definition) is 1. The van der Waals surface area contributed by atoms with E-state index in [1.807, 2.05) is 17.6 Å². The average Bonchev–Trinajstić information content (AvgIpc) is 3.24. The fourth-order valence-corrected chi connectivity index (χ4v) is 4.54. The van der Waals surface area contributed by atoms with Crippen LogP contribution in [0.25, 0.3) is 11.4 Å². The normalized spacial score (nSPS) is 17.7. The van der Waals surface area contributed by atoms with E-state index in [9.17, 15) is 8.78 Å². The van der Waals surface area contributed by atoms with Crippen LogP contribution in [0.2, 0.25) is 0 Å². The van der Waals surface area contributed by atoms with E-state index in [1.165, 1.54) is 6.07 Å². The Morgan fingerprint density at radius 1 is 1.00 bits per heavy atom. The average molecular weight is 471 g/mol. The van der Waals surface area contributed by atoms with Crippen LogP contribution in [0.5, 0.6) is 0 Å². The lowest BCUT2D eigenvalue weighted by atomic mass is 10.1. The van der Waals surface area contributed by atoms with Crippen LogP contribution in [-0.4, -0.2) is 63.9 Å². The van der Waals surface area contributed by atoms with Crippen molar-refractivity contribution < 1.29 is 18.3 Å². The van der Waals surface area contributed by atoms with E-state index in [2.05, 4.69) is 25.2 Å². The van der Waals surface area contributed by atoms with E-state index in [1.54, 1.807) is 12.3 Å². The van der Waals surface area contributed by atoms with Crippen molar-refractivity contribution >= 4 is 11.6 Å². The molecule has 0 atom stereocenters. The number of benzene rings is 1. The highest BCUT2D eigenvalue weighted by molar-refractivity contribution is 5.60. The van der Waals surface area contributed by atoms with Crippen molar-refractivity contribution in [3.8, 4) is 11.4 Å². The second kappa shape index (κ2) is 10.1. The minimum atomic E-state index is -0.555. The van der Waals surface area contributed by atoms with Crippen LogP contribution < -0.4 is 5.32 Å². The van der Waals surface area contributed by atoms with Gasteiger partial charge in [-0.2, -0.15) is 0 Å². The van der Waals surface area contributed by atoms with Gasteiger partial charge >= 0.3 is 0 Å². The van der Waals surface area contributed by atoms with Crippen molar-refractivity contribution in [3.63, 3.8) is 0 Å². The molecule has 8 nitrogen and oxygen atoms in total. The molecule has 2 aromatic heterocycles. The van der Waals surface area contributed by atoms with Crippen LogP contribution in [0.3, 0.4) is 0 Å². The highest BCUT2D eigenvalue weighted by Crippen LogP contribution is 2.31. The van der Waals surface area contributed by atoms with Gasteiger partial charge in [0.25, 0.3) is 0 Å². The topological polar surface area (TPSA) is 77.3 Å². The lowest BCUT2D eigenvalue weighted by molar-refractivity contribution is 0.0341. The van der Waals surface area contributed by atoms with Crippen LogP contribution in [0.4, 0.5) is 20.4 Å². The van der Waals surface area contributed by atoms with Crippen molar-refractivity contribution in [2.24, 2.45) is 0 Å². The summed E-state index contributed by atoms with van der Waals surface area (Å²) in [7, 11) is 0. The molecule has 1 aromatic carbocycles. The zero-order chi connectivity index (χ0) is 23.5. The maximum absolute atomic E-state index is 14.8. The molecule has 10 heteroatoms. The van der Waals surface area contributed by atoms with Gasteiger partial charge in [0.2, 0.25) is 5.95 Å². The summed E-state index contributed by atoms with van der Waals surface area (Å²) in [6, 6.07) is 5.20. The number of anilines is 2. The first-order valence-electron chi connectivity index (χ1n) is 11.6. The molecule has 2 saturated heterocycles. The monoisotopic (exact) mass is 470 g/mol. The molecule has 5 rings (SSSR count). The minimum absolute atomic E-state index is 0.119. The van der Waals surface area contributed by atoms with Crippen molar-refractivity contribution in [1.82, 2.24) is 24.4 Å². The number of aromatic nitrogens is 4. The number of ether oxygens (including phenoxy) is 2. The van der Waals surface area contributed by atoms with Crippen molar-refractivity contribution in [1.29, 1.82) is 0 Å². The van der Waals surface area contributed by atoms with Gasteiger partial charge in [-0.1, -0.05) is 6.07 Å². The van der Waals surface area contributed by atoms with Crippen LogP contribution in [0.1, 0.15) is 30.3 Å². The molecule has 0 saturated carbocycles. The summed E-state index contributed by atoms with van der Waals surface area (Å²) in [6.45, 7) is 6.91. The summed E-state index contributed by atoms with van der Waals surface area (Å²) in [5.74, 6) is -0.0617. The van der Waals surface area contributed by atoms with Crippen molar-refractivity contribution in [3.05, 3.63) is 53.6 Å². The third-order valence-electron chi connectivity index (χ3n) is 6.31. The number of aryl methyl sites for hydroxylation is 1. The van der Waals surface area contributed by atoms with E-state index in [4.69, 9.17) is 9.47 Å². The number of halogens is 2. The predicted octanol–water partition coefficient (Wildman–Crippen LogP) is 3.85. The van der Waals surface area contributed by atoms with Crippen LogP contribution in [0.15, 0.2) is 30.6 Å². The molecule has 0 aliphatic carbocycles. The number of nitrogens with zero attached hydrogens (tertiary/aromatic N) is 5. The number of morpholine rings is 1. The molecule has 0 spiro atoms. The molecule has 2 aliphatic heterocycles. The fraction of sp³-hybridized carbons (Fsp3) is 0.458. The van der Waals surface area contributed by atoms with Gasteiger partial charge in [-0.15, -0.1) is 0 Å². The van der Waals surface area contributed by atoms with Gasteiger partial charge in [0, 0.05) is 38.9 Å². The smallest absolute Gasteiger partial charge is 0.228 e. The van der Waals surface area contributed by atoms with E-state index >= 15 is 0 Å². The predicted molar refractivity (Wildman–Crippen MR) is 123 cm³/mol. The van der Waals surface area contributed by atoms with Gasteiger partial charge in [-0.05, 0) is 37.5 Å². The van der Waals surface area contributed by atoms with Crippen LogP contribution in [-0.2, 0) is 16.0 Å². The molecule has 2 aliphatic rings.